The van der Waals surface area contributed by atoms with E-state index >= 15 is 0 Å². The number of rotatable bonds is 5. The van der Waals surface area contributed by atoms with Crippen molar-refractivity contribution in [1.82, 2.24) is 0 Å². The van der Waals surface area contributed by atoms with Gasteiger partial charge in [0.05, 0.1) is 12.7 Å². The van der Waals surface area contributed by atoms with Gasteiger partial charge in [0.25, 0.3) is 0 Å². The summed E-state index contributed by atoms with van der Waals surface area (Å²) in [7, 11) is 0. The zero-order valence-electron chi connectivity index (χ0n) is 10.6. The van der Waals surface area contributed by atoms with Crippen LogP contribution in [0.2, 0.25) is 0 Å². The summed E-state index contributed by atoms with van der Waals surface area (Å²) in [5, 5.41) is 9.92. The van der Waals surface area contributed by atoms with Gasteiger partial charge in [0.15, 0.2) is 0 Å². The van der Waals surface area contributed by atoms with Gasteiger partial charge in [-0.25, -0.2) is 0 Å². The molecule has 1 atom stereocenters. The van der Waals surface area contributed by atoms with Crippen molar-refractivity contribution in [3.8, 4) is 5.75 Å². The zero-order valence-corrected chi connectivity index (χ0v) is 10.6. The topological polar surface area (TPSA) is 29.5 Å². The first-order chi connectivity index (χ1) is 8.31. The Labute approximate surface area is 104 Å². The normalized spacial score (nSPS) is 18.2. The van der Waals surface area contributed by atoms with E-state index in [1.54, 1.807) is 0 Å². The van der Waals surface area contributed by atoms with Crippen molar-refractivity contribution in [3.63, 3.8) is 0 Å². The van der Waals surface area contributed by atoms with Gasteiger partial charge in [-0.2, -0.15) is 0 Å². The van der Waals surface area contributed by atoms with E-state index in [0.717, 1.165) is 24.3 Å². The van der Waals surface area contributed by atoms with E-state index < -0.39 is 6.10 Å². The van der Waals surface area contributed by atoms with E-state index in [-0.39, 0.29) is 0 Å². The van der Waals surface area contributed by atoms with Gasteiger partial charge in [0.1, 0.15) is 5.75 Å². The lowest BCUT2D eigenvalue weighted by atomic mass is 10.1. The van der Waals surface area contributed by atoms with E-state index in [4.69, 9.17) is 4.74 Å². The molecular weight excluding hydrogens is 212 g/mol. The van der Waals surface area contributed by atoms with Crippen LogP contribution in [0.25, 0.3) is 0 Å². The minimum atomic E-state index is -0.408. The summed E-state index contributed by atoms with van der Waals surface area (Å²) in [6.07, 6.45) is 5.58. The Balaban J connectivity index is 1.98. The number of para-hydroxylation sites is 1. The van der Waals surface area contributed by atoms with Crippen LogP contribution in [0.5, 0.6) is 5.75 Å². The van der Waals surface area contributed by atoms with Crippen LogP contribution in [0.15, 0.2) is 24.3 Å². The molecule has 1 aliphatic rings. The van der Waals surface area contributed by atoms with Crippen molar-refractivity contribution >= 4 is 0 Å². The third kappa shape index (κ3) is 3.22. The molecule has 2 heteroatoms. The highest BCUT2D eigenvalue weighted by Crippen LogP contribution is 2.29. The SMILES string of the molecule is CCC(O)c1ccccc1OCC1CCCC1. The van der Waals surface area contributed by atoms with E-state index in [0.29, 0.717) is 5.92 Å². The molecule has 2 nitrogen and oxygen atoms in total. The Kier molecular flexibility index (Phi) is 4.43. The van der Waals surface area contributed by atoms with Crippen molar-refractivity contribution in [2.75, 3.05) is 6.61 Å². The van der Waals surface area contributed by atoms with Crippen LogP contribution in [0.3, 0.4) is 0 Å². The quantitative estimate of drug-likeness (QED) is 0.841. The Morgan fingerprint density at radius 2 is 2.00 bits per heavy atom. The molecule has 0 bridgehead atoms. The van der Waals surface area contributed by atoms with Crippen molar-refractivity contribution in [3.05, 3.63) is 29.8 Å². The molecule has 0 spiro atoms. The van der Waals surface area contributed by atoms with Crippen molar-refractivity contribution in [1.29, 1.82) is 0 Å². The zero-order chi connectivity index (χ0) is 12.1. The van der Waals surface area contributed by atoms with E-state index in [1.807, 2.05) is 31.2 Å². The molecule has 1 aromatic rings. The molecule has 1 fully saturated rings. The molecule has 0 aliphatic heterocycles. The van der Waals surface area contributed by atoms with E-state index in [1.165, 1.54) is 25.7 Å². The first-order valence-corrected chi connectivity index (χ1v) is 6.71. The van der Waals surface area contributed by atoms with Gasteiger partial charge in [0, 0.05) is 5.56 Å². The molecule has 1 aromatic carbocycles. The second-order valence-electron chi connectivity index (χ2n) is 4.92. The molecular formula is C15H22O2. The van der Waals surface area contributed by atoms with Gasteiger partial charge < -0.3 is 9.84 Å². The summed E-state index contributed by atoms with van der Waals surface area (Å²) in [4.78, 5) is 0. The minimum Gasteiger partial charge on any atom is -0.493 e. The largest absolute Gasteiger partial charge is 0.493 e. The van der Waals surface area contributed by atoms with Crippen LogP contribution in [0, 0.1) is 5.92 Å². The summed E-state index contributed by atoms with van der Waals surface area (Å²) in [5.74, 6) is 1.57. The fourth-order valence-electron chi connectivity index (χ4n) is 2.49. The van der Waals surface area contributed by atoms with Gasteiger partial charge in [0.2, 0.25) is 0 Å². The Morgan fingerprint density at radius 1 is 1.29 bits per heavy atom. The summed E-state index contributed by atoms with van der Waals surface area (Å²) in [5.41, 5.74) is 0.924. The van der Waals surface area contributed by atoms with E-state index in [2.05, 4.69) is 0 Å². The predicted octanol–water partition coefficient (Wildman–Crippen LogP) is 3.70. The molecule has 94 valence electrons. The number of aliphatic hydroxyl groups is 1. The summed E-state index contributed by atoms with van der Waals surface area (Å²) in [6, 6.07) is 7.84. The van der Waals surface area contributed by atoms with Crippen LogP contribution in [0.1, 0.15) is 50.7 Å². The Hall–Kier alpha value is -1.02. The Bertz CT molecular complexity index is 343. The molecule has 17 heavy (non-hydrogen) atoms. The second-order valence-corrected chi connectivity index (χ2v) is 4.92. The highest BCUT2D eigenvalue weighted by molar-refractivity contribution is 5.35. The molecule has 1 unspecified atom stereocenters. The molecule has 1 N–H and O–H groups in total. The summed E-state index contributed by atoms with van der Waals surface area (Å²) >= 11 is 0. The average molecular weight is 234 g/mol. The van der Waals surface area contributed by atoms with Gasteiger partial charge in [-0.15, -0.1) is 0 Å². The predicted molar refractivity (Wildman–Crippen MR) is 69.1 cm³/mol. The maximum atomic E-state index is 9.92. The van der Waals surface area contributed by atoms with Gasteiger partial charge in [-0.1, -0.05) is 38.0 Å². The van der Waals surface area contributed by atoms with E-state index in [9.17, 15) is 5.11 Å². The van der Waals surface area contributed by atoms with Gasteiger partial charge >= 0.3 is 0 Å². The third-order valence-electron chi connectivity index (χ3n) is 3.61. The lowest BCUT2D eigenvalue weighted by Crippen LogP contribution is -2.10. The Morgan fingerprint density at radius 3 is 2.71 bits per heavy atom. The molecule has 1 aliphatic carbocycles. The molecule has 0 aromatic heterocycles. The molecule has 0 radical (unpaired) electrons. The fraction of sp³-hybridized carbons (Fsp3) is 0.600. The molecule has 0 amide bonds. The van der Waals surface area contributed by atoms with Gasteiger partial charge in [-0.3, -0.25) is 0 Å². The molecule has 2 rings (SSSR count). The van der Waals surface area contributed by atoms with Crippen molar-refractivity contribution < 1.29 is 9.84 Å². The number of benzene rings is 1. The molecule has 0 saturated heterocycles. The minimum absolute atomic E-state index is 0.408. The van der Waals surface area contributed by atoms with Crippen LogP contribution in [-0.4, -0.2) is 11.7 Å². The van der Waals surface area contributed by atoms with Gasteiger partial charge in [-0.05, 0) is 31.2 Å². The number of hydrogen-bond acceptors (Lipinski definition) is 2. The van der Waals surface area contributed by atoms with Crippen LogP contribution in [-0.2, 0) is 0 Å². The number of hydrogen-bond donors (Lipinski definition) is 1. The summed E-state index contributed by atoms with van der Waals surface area (Å²) < 4.78 is 5.88. The second kappa shape index (κ2) is 6.06. The first kappa shape index (κ1) is 12.4. The fourth-order valence-corrected chi connectivity index (χ4v) is 2.49. The third-order valence-corrected chi connectivity index (χ3v) is 3.61. The highest BCUT2D eigenvalue weighted by Gasteiger charge is 2.17. The lowest BCUT2D eigenvalue weighted by Gasteiger charge is -2.17. The lowest BCUT2D eigenvalue weighted by molar-refractivity contribution is 0.164. The van der Waals surface area contributed by atoms with Crippen LogP contribution < -0.4 is 4.74 Å². The first-order valence-electron chi connectivity index (χ1n) is 6.71. The van der Waals surface area contributed by atoms with Crippen molar-refractivity contribution in [2.24, 2.45) is 5.92 Å². The highest BCUT2D eigenvalue weighted by atomic mass is 16.5. The molecule has 1 saturated carbocycles. The van der Waals surface area contributed by atoms with Crippen LogP contribution >= 0.6 is 0 Å². The van der Waals surface area contributed by atoms with Crippen LogP contribution in [0.4, 0.5) is 0 Å². The van der Waals surface area contributed by atoms with Crippen molar-refractivity contribution in [2.45, 2.75) is 45.1 Å². The standard InChI is InChI=1S/C15H22O2/c1-2-14(16)13-9-5-6-10-15(13)17-11-12-7-3-4-8-12/h5-6,9-10,12,14,16H,2-4,7-8,11H2,1H3. The maximum absolute atomic E-state index is 9.92. The average Bonchev–Trinajstić information content (AvgIpc) is 2.89. The smallest absolute Gasteiger partial charge is 0.125 e. The summed E-state index contributed by atoms with van der Waals surface area (Å²) in [6.45, 7) is 2.78. The number of ether oxygens (including phenoxy) is 1. The molecule has 0 heterocycles. The maximum Gasteiger partial charge on any atom is 0.125 e. The number of aliphatic hydroxyl groups excluding tert-OH is 1. The monoisotopic (exact) mass is 234 g/mol.